The molecule has 1 saturated heterocycles. The summed E-state index contributed by atoms with van der Waals surface area (Å²) in [4.78, 5) is 43.5. The first-order chi connectivity index (χ1) is 17.5. The fourth-order valence-electron chi connectivity index (χ4n) is 4.10. The second-order valence-corrected chi connectivity index (χ2v) is 9.18. The van der Waals surface area contributed by atoms with Crippen LogP contribution >= 0.6 is 11.8 Å². The summed E-state index contributed by atoms with van der Waals surface area (Å²) in [5, 5.41) is 0. The highest BCUT2D eigenvalue weighted by atomic mass is 32.2. The van der Waals surface area contributed by atoms with E-state index in [1.165, 1.54) is 21.6 Å². The molecule has 8 heteroatoms. The van der Waals surface area contributed by atoms with Crippen molar-refractivity contribution in [3.8, 4) is 11.5 Å². The number of hydrogen-bond acceptors (Lipinski definition) is 6. The molecule has 1 atom stereocenters. The molecule has 0 spiro atoms. The van der Waals surface area contributed by atoms with Gasteiger partial charge in [-0.3, -0.25) is 14.4 Å². The van der Waals surface area contributed by atoms with Crippen LogP contribution in [0.25, 0.3) is 0 Å². The molecule has 0 aliphatic carbocycles. The molecule has 1 unspecified atom stereocenters. The van der Waals surface area contributed by atoms with Crippen LogP contribution in [0.1, 0.15) is 18.9 Å². The minimum atomic E-state index is -0.880. The SMILES string of the molecule is CCOc1ccc(N2C(=O)CC(N(Cc3ccccc3)C(=O)CSc3ccccc3OC)C2=O)cc1. The maximum Gasteiger partial charge on any atom is 0.257 e. The molecule has 7 nitrogen and oxygen atoms in total. The van der Waals surface area contributed by atoms with Gasteiger partial charge in [0.2, 0.25) is 11.8 Å². The number of imide groups is 1. The van der Waals surface area contributed by atoms with Crippen molar-refractivity contribution in [2.75, 3.05) is 24.4 Å². The van der Waals surface area contributed by atoms with E-state index >= 15 is 0 Å². The van der Waals surface area contributed by atoms with Gasteiger partial charge < -0.3 is 14.4 Å². The molecule has 0 N–H and O–H groups in total. The summed E-state index contributed by atoms with van der Waals surface area (Å²) in [6, 6.07) is 22.9. The Hall–Kier alpha value is -3.78. The Bertz CT molecular complexity index is 1220. The maximum atomic E-state index is 13.5. The zero-order valence-electron chi connectivity index (χ0n) is 20.3. The summed E-state index contributed by atoms with van der Waals surface area (Å²) in [5.74, 6) is 0.473. The van der Waals surface area contributed by atoms with E-state index in [9.17, 15) is 14.4 Å². The van der Waals surface area contributed by atoms with Crippen LogP contribution in [0, 0.1) is 0 Å². The topological polar surface area (TPSA) is 76.2 Å². The maximum absolute atomic E-state index is 13.5. The van der Waals surface area contributed by atoms with Gasteiger partial charge in [-0.05, 0) is 48.9 Å². The summed E-state index contributed by atoms with van der Waals surface area (Å²) in [6.45, 7) is 2.63. The van der Waals surface area contributed by atoms with E-state index in [0.29, 0.717) is 23.8 Å². The van der Waals surface area contributed by atoms with Crippen LogP contribution in [0.3, 0.4) is 0 Å². The van der Waals surface area contributed by atoms with E-state index in [1.54, 1.807) is 31.4 Å². The van der Waals surface area contributed by atoms with Crippen molar-refractivity contribution < 1.29 is 23.9 Å². The largest absolute Gasteiger partial charge is 0.496 e. The highest BCUT2D eigenvalue weighted by molar-refractivity contribution is 8.00. The molecule has 1 fully saturated rings. The molecule has 1 heterocycles. The quantitative estimate of drug-likeness (QED) is 0.298. The van der Waals surface area contributed by atoms with E-state index in [2.05, 4.69) is 0 Å². The van der Waals surface area contributed by atoms with Crippen molar-refractivity contribution >= 4 is 35.2 Å². The molecule has 4 rings (SSSR count). The molecule has 0 radical (unpaired) electrons. The van der Waals surface area contributed by atoms with E-state index < -0.39 is 11.9 Å². The monoisotopic (exact) mass is 504 g/mol. The minimum Gasteiger partial charge on any atom is -0.496 e. The summed E-state index contributed by atoms with van der Waals surface area (Å²) >= 11 is 1.34. The van der Waals surface area contributed by atoms with E-state index in [4.69, 9.17) is 9.47 Å². The highest BCUT2D eigenvalue weighted by Gasteiger charge is 2.44. The molecule has 0 saturated carbocycles. The van der Waals surface area contributed by atoms with Crippen LogP contribution in [0.5, 0.6) is 11.5 Å². The van der Waals surface area contributed by atoms with Crippen molar-refractivity contribution in [3.63, 3.8) is 0 Å². The third-order valence-corrected chi connectivity index (χ3v) is 6.88. The van der Waals surface area contributed by atoms with Crippen molar-refractivity contribution in [3.05, 3.63) is 84.4 Å². The summed E-state index contributed by atoms with van der Waals surface area (Å²) in [7, 11) is 1.58. The first-order valence-corrected chi connectivity index (χ1v) is 12.7. The Balaban J connectivity index is 1.56. The number of carbonyl (C=O) groups excluding carboxylic acids is 3. The summed E-state index contributed by atoms with van der Waals surface area (Å²) in [6.07, 6.45) is -0.0655. The molecule has 1 aliphatic rings. The third-order valence-electron chi connectivity index (χ3n) is 5.84. The van der Waals surface area contributed by atoms with Crippen molar-refractivity contribution in [1.29, 1.82) is 0 Å². The second-order valence-electron chi connectivity index (χ2n) is 8.16. The predicted molar refractivity (Wildman–Crippen MR) is 139 cm³/mol. The lowest BCUT2D eigenvalue weighted by Gasteiger charge is -2.28. The lowest BCUT2D eigenvalue weighted by atomic mass is 10.1. The summed E-state index contributed by atoms with van der Waals surface area (Å²) < 4.78 is 10.9. The molecule has 186 valence electrons. The van der Waals surface area contributed by atoms with Gasteiger partial charge in [-0.1, -0.05) is 42.5 Å². The third kappa shape index (κ3) is 5.71. The van der Waals surface area contributed by atoms with Gasteiger partial charge in [0.15, 0.2) is 0 Å². The number of para-hydroxylation sites is 1. The van der Waals surface area contributed by atoms with Crippen LogP contribution in [0.2, 0.25) is 0 Å². The van der Waals surface area contributed by atoms with Gasteiger partial charge in [0.1, 0.15) is 17.5 Å². The number of hydrogen-bond donors (Lipinski definition) is 0. The van der Waals surface area contributed by atoms with Gasteiger partial charge in [0, 0.05) is 11.4 Å². The Kier molecular flexibility index (Phi) is 8.28. The zero-order valence-corrected chi connectivity index (χ0v) is 21.1. The number of methoxy groups -OCH3 is 1. The standard InChI is InChI=1S/C28H28N2O5S/c1-3-35-22-15-13-21(14-16-22)30-26(31)17-23(28(30)33)29(18-20-9-5-4-6-10-20)27(32)19-36-25-12-8-7-11-24(25)34-2/h4-16,23H,3,17-19H2,1-2H3. The average Bonchev–Trinajstić information content (AvgIpc) is 3.20. The normalized spacial score (nSPS) is 15.2. The molecule has 0 bridgehead atoms. The van der Waals surface area contributed by atoms with Crippen LogP contribution in [0.4, 0.5) is 5.69 Å². The van der Waals surface area contributed by atoms with E-state index in [-0.39, 0.29) is 30.5 Å². The van der Waals surface area contributed by atoms with Gasteiger partial charge in [-0.2, -0.15) is 0 Å². The number of thioether (sulfide) groups is 1. The molecule has 1 aliphatic heterocycles. The predicted octanol–water partition coefficient (Wildman–Crippen LogP) is 4.55. The van der Waals surface area contributed by atoms with Crippen molar-refractivity contribution in [2.45, 2.75) is 30.8 Å². The van der Waals surface area contributed by atoms with E-state index in [0.717, 1.165) is 10.5 Å². The molecular formula is C28H28N2O5S. The van der Waals surface area contributed by atoms with Gasteiger partial charge >= 0.3 is 0 Å². The number of rotatable bonds is 10. The van der Waals surface area contributed by atoms with Gasteiger partial charge in [0.05, 0.1) is 31.6 Å². The Labute approximate surface area is 215 Å². The fourth-order valence-corrected chi connectivity index (χ4v) is 5.01. The smallest absolute Gasteiger partial charge is 0.257 e. The van der Waals surface area contributed by atoms with Gasteiger partial charge in [-0.15, -0.1) is 11.8 Å². The number of ether oxygens (including phenoxy) is 2. The average molecular weight is 505 g/mol. The summed E-state index contributed by atoms with van der Waals surface area (Å²) in [5.41, 5.74) is 1.35. The van der Waals surface area contributed by atoms with Crippen LogP contribution in [-0.4, -0.2) is 48.1 Å². The Morgan fingerprint density at radius 3 is 2.39 bits per heavy atom. The Morgan fingerprint density at radius 1 is 1.00 bits per heavy atom. The van der Waals surface area contributed by atoms with Gasteiger partial charge in [-0.25, -0.2) is 4.90 Å². The number of carbonyl (C=O) groups is 3. The fraction of sp³-hybridized carbons (Fsp3) is 0.250. The highest BCUT2D eigenvalue weighted by Crippen LogP contribution is 2.31. The number of anilines is 1. The van der Waals surface area contributed by atoms with Crippen LogP contribution < -0.4 is 14.4 Å². The lowest BCUT2D eigenvalue weighted by molar-refractivity contribution is -0.136. The molecule has 3 amide bonds. The lowest BCUT2D eigenvalue weighted by Crippen LogP contribution is -2.45. The second kappa shape index (κ2) is 11.8. The molecular weight excluding hydrogens is 476 g/mol. The van der Waals surface area contributed by atoms with Crippen molar-refractivity contribution in [1.82, 2.24) is 4.90 Å². The molecule has 36 heavy (non-hydrogen) atoms. The van der Waals surface area contributed by atoms with Crippen LogP contribution in [-0.2, 0) is 20.9 Å². The first kappa shape index (κ1) is 25.3. The first-order valence-electron chi connectivity index (χ1n) is 11.7. The number of amides is 3. The van der Waals surface area contributed by atoms with Crippen molar-refractivity contribution in [2.24, 2.45) is 0 Å². The Morgan fingerprint density at radius 2 is 1.69 bits per heavy atom. The van der Waals surface area contributed by atoms with Crippen LogP contribution in [0.15, 0.2) is 83.8 Å². The number of benzene rings is 3. The molecule has 3 aromatic carbocycles. The van der Waals surface area contributed by atoms with E-state index in [1.807, 2.05) is 61.5 Å². The number of nitrogens with zero attached hydrogens (tertiary/aromatic N) is 2. The van der Waals surface area contributed by atoms with Gasteiger partial charge in [0.25, 0.3) is 5.91 Å². The molecule has 3 aromatic rings. The molecule has 0 aromatic heterocycles. The minimum absolute atomic E-state index is 0.0655. The zero-order chi connectivity index (χ0) is 25.5.